The van der Waals surface area contributed by atoms with Crippen LogP contribution in [0, 0.1) is 13.8 Å². The summed E-state index contributed by atoms with van der Waals surface area (Å²) in [5, 5.41) is 12.7. The summed E-state index contributed by atoms with van der Waals surface area (Å²) in [7, 11) is 0. The number of aryl methyl sites for hydroxylation is 1. The summed E-state index contributed by atoms with van der Waals surface area (Å²) in [5.74, 6) is -1.88. The molecule has 1 N–H and O–H groups in total. The van der Waals surface area contributed by atoms with Gasteiger partial charge >= 0.3 is 0 Å². The van der Waals surface area contributed by atoms with Gasteiger partial charge in [-0.25, -0.2) is 0 Å². The molecule has 1 rings (SSSR count). The number of rotatable bonds is 3. The Morgan fingerprint density at radius 2 is 1.94 bits per heavy atom. The zero-order valence-electron chi connectivity index (χ0n) is 9.11. The van der Waals surface area contributed by atoms with Gasteiger partial charge in [-0.1, -0.05) is 12.1 Å². The Morgan fingerprint density at radius 1 is 1.25 bits per heavy atom. The van der Waals surface area contributed by atoms with Gasteiger partial charge in [0, 0.05) is 11.8 Å². The molecule has 0 aliphatic carbocycles. The third-order valence-electron chi connectivity index (χ3n) is 2.23. The van der Waals surface area contributed by atoms with Crippen LogP contribution in [0.1, 0.15) is 11.1 Å². The van der Waals surface area contributed by atoms with Crippen LogP contribution in [-0.2, 0) is 9.59 Å². The molecule has 0 aliphatic heterocycles. The van der Waals surface area contributed by atoms with Gasteiger partial charge < -0.3 is 15.2 Å². The summed E-state index contributed by atoms with van der Waals surface area (Å²) in [6.45, 7) is 3.81. The van der Waals surface area contributed by atoms with Crippen LogP contribution in [0.2, 0.25) is 0 Å². The van der Waals surface area contributed by atoms with E-state index in [0.717, 1.165) is 17.2 Å². The van der Waals surface area contributed by atoms with Crippen LogP contribution in [0.3, 0.4) is 0 Å². The first-order chi connectivity index (χ1) is 7.50. The topological polar surface area (TPSA) is 69.2 Å². The lowest BCUT2D eigenvalue weighted by molar-refractivity contribution is -0.297. The Bertz CT molecular complexity index is 450. The minimum Gasteiger partial charge on any atom is -0.545 e. The van der Waals surface area contributed by atoms with Crippen molar-refractivity contribution in [3.63, 3.8) is 0 Å². The van der Waals surface area contributed by atoms with Crippen molar-refractivity contribution in [2.45, 2.75) is 13.8 Å². The Balaban J connectivity index is 2.78. The molecule has 1 aromatic rings. The van der Waals surface area contributed by atoms with Gasteiger partial charge in [-0.3, -0.25) is 4.79 Å². The van der Waals surface area contributed by atoms with Crippen LogP contribution in [0.25, 0.3) is 0 Å². The molecule has 0 unspecified atom stereocenters. The van der Waals surface area contributed by atoms with E-state index < -0.39 is 11.9 Å². The van der Waals surface area contributed by atoms with E-state index in [-0.39, 0.29) is 0 Å². The first-order valence-corrected chi connectivity index (χ1v) is 4.77. The number of carboxylic acid groups (broad SMARTS) is 1. The summed E-state index contributed by atoms with van der Waals surface area (Å²) >= 11 is 0. The number of aliphatic carboxylic acids is 1. The lowest BCUT2D eigenvalue weighted by atomic mass is 10.1. The molecule has 84 valence electrons. The highest BCUT2D eigenvalue weighted by molar-refractivity contribution is 6.02. The number of carbonyl (C=O) groups is 2. The Kier molecular flexibility index (Phi) is 3.83. The predicted octanol–water partition coefficient (Wildman–Crippen LogP) is 0.548. The molecule has 4 nitrogen and oxygen atoms in total. The van der Waals surface area contributed by atoms with Crippen molar-refractivity contribution in [1.29, 1.82) is 0 Å². The molecule has 0 spiro atoms. The molecule has 4 heteroatoms. The lowest BCUT2D eigenvalue weighted by Gasteiger charge is -2.08. The maximum absolute atomic E-state index is 11.3. The molecule has 0 saturated heterocycles. The first-order valence-electron chi connectivity index (χ1n) is 4.77. The molecule has 0 heterocycles. The Labute approximate surface area is 93.6 Å². The average molecular weight is 218 g/mol. The third kappa shape index (κ3) is 3.24. The van der Waals surface area contributed by atoms with E-state index in [9.17, 15) is 14.7 Å². The quantitative estimate of drug-likeness (QED) is 0.753. The van der Waals surface area contributed by atoms with Crippen LogP contribution >= 0.6 is 0 Å². The lowest BCUT2D eigenvalue weighted by Crippen LogP contribution is -2.20. The molecule has 0 atom stereocenters. The average Bonchev–Trinajstić information content (AvgIpc) is 2.22. The molecule has 0 fully saturated rings. The molecule has 0 aromatic heterocycles. The van der Waals surface area contributed by atoms with Gasteiger partial charge in [0.15, 0.2) is 0 Å². The van der Waals surface area contributed by atoms with Crippen LogP contribution in [0.15, 0.2) is 30.4 Å². The fraction of sp³-hybridized carbons (Fsp3) is 0.167. The number of carboxylic acids is 1. The Morgan fingerprint density at radius 3 is 2.56 bits per heavy atom. The van der Waals surface area contributed by atoms with Crippen molar-refractivity contribution in [3.8, 4) is 0 Å². The van der Waals surface area contributed by atoms with Crippen molar-refractivity contribution in [2.24, 2.45) is 0 Å². The molecule has 0 saturated carbocycles. The number of amides is 1. The second-order valence-electron chi connectivity index (χ2n) is 3.39. The highest BCUT2D eigenvalue weighted by Gasteiger charge is 2.02. The zero-order chi connectivity index (χ0) is 12.1. The monoisotopic (exact) mass is 218 g/mol. The van der Waals surface area contributed by atoms with Crippen molar-refractivity contribution < 1.29 is 14.7 Å². The number of benzene rings is 1. The molecular formula is C12H12NO3-. The summed E-state index contributed by atoms with van der Waals surface area (Å²) in [5.41, 5.74) is 2.69. The van der Waals surface area contributed by atoms with E-state index >= 15 is 0 Å². The van der Waals surface area contributed by atoms with Gasteiger partial charge in [0.2, 0.25) is 5.91 Å². The summed E-state index contributed by atoms with van der Waals surface area (Å²) in [6, 6.07) is 5.51. The second-order valence-corrected chi connectivity index (χ2v) is 3.39. The van der Waals surface area contributed by atoms with Crippen molar-refractivity contribution in [2.75, 3.05) is 5.32 Å². The van der Waals surface area contributed by atoms with E-state index in [1.165, 1.54) is 0 Å². The number of anilines is 1. The van der Waals surface area contributed by atoms with E-state index in [1.807, 2.05) is 26.0 Å². The highest BCUT2D eigenvalue weighted by atomic mass is 16.4. The number of nitrogens with one attached hydrogen (secondary N) is 1. The van der Waals surface area contributed by atoms with Crippen molar-refractivity contribution >= 4 is 17.6 Å². The standard InChI is InChI=1S/C12H13NO3/c1-8-4-3-5-10(9(8)2)13-11(14)6-7-12(15)16/h3-7H,1-2H3,(H,13,14)(H,15,16)/p-1/b7-6-. The van der Waals surface area contributed by atoms with E-state index in [0.29, 0.717) is 11.8 Å². The van der Waals surface area contributed by atoms with Crippen molar-refractivity contribution in [1.82, 2.24) is 0 Å². The minimum atomic E-state index is -1.39. The molecule has 16 heavy (non-hydrogen) atoms. The first kappa shape index (κ1) is 12.0. The van der Waals surface area contributed by atoms with E-state index in [1.54, 1.807) is 6.07 Å². The fourth-order valence-corrected chi connectivity index (χ4v) is 1.20. The zero-order valence-corrected chi connectivity index (χ0v) is 9.11. The van der Waals surface area contributed by atoms with Crippen LogP contribution in [0.4, 0.5) is 5.69 Å². The maximum Gasteiger partial charge on any atom is 0.248 e. The summed E-state index contributed by atoms with van der Waals surface area (Å²) < 4.78 is 0. The second kappa shape index (κ2) is 5.11. The molecule has 1 aromatic carbocycles. The number of carbonyl (C=O) groups excluding carboxylic acids is 2. The third-order valence-corrected chi connectivity index (χ3v) is 2.23. The normalized spacial score (nSPS) is 10.4. The molecule has 0 bridgehead atoms. The van der Waals surface area contributed by atoms with Gasteiger partial charge in [0.05, 0.1) is 5.97 Å². The molecule has 0 aliphatic rings. The highest BCUT2D eigenvalue weighted by Crippen LogP contribution is 2.17. The van der Waals surface area contributed by atoms with Gasteiger partial charge in [0.25, 0.3) is 0 Å². The number of hydrogen-bond donors (Lipinski definition) is 1. The van der Waals surface area contributed by atoms with E-state index in [4.69, 9.17) is 0 Å². The van der Waals surface area contributed by atoms with Crippen LogP contribution in [0.5, 0.6) is 0 Å². The molecule has 1 amide bonds. The van der Waals surface area contributed by atoms with Crippen molar-refractivity contribution in [3.05, 3.63) is 41.5 Å². The molecular weight excluding hydrogens is 206 g/mol. The largest absolute Gasteiger partial charge is 0.545 e. The van der Waals surface area contributed by atoms with Gasteiger partial charge in [-0.15, -0.1) is 0 Å². The maximum atomic E-state index is 11.3. The SMILES string of the molecule is Cc1cccc(NC(=O)/C=C\C(=O)[O-])c1C. The number of hydrogen-bond acceptors (Lipinski definition) is 3. The summed E-state index contributed by atoms with van der Waals surface area (Å²) in [4.78, 5) is 21.4. The van der Waals surface area contributed by atoms with E-state index in [2.05, 4.69) is 5.32 Å². The fourth-order valence-electron chi connectivity index (χ4n) is 1.20. The minimum absolute atomic E-state index is 0.488. The predicted molar refractivity (Wildman–Crippen MR) is 58.7 cm³/mol. The summed E-state index contributed by atoms with van der Waals surface area (Å²) in [6.07, 6.45) is 1.62. The Hall–Kier alpha value is -2.10. The van der Waals surface area contributed by atoms with Crippen LogP contribution in [-0.4, -0.2) is 11.9 Å². The molecule has 0 radical (unpaired) electrons. The smallest absolute Gasteiger partial charge is 0.248 e. The van der Waals surface area contributed by atoms with Crippen LogP contribution < -0.4 is 10.4 Å². The van der Waals surface area contributed by atoms with Gasteiger partial charge in [0.1, 0.15) is 0 Å². The van der Waals surface area contributed by atoms with Gasteiger partial charge in [-0.05, 0) is 37.1 Å². The van der Waals surface area contributed by atoms with Gasteiger partial charge in [-0.2, -0.15) is 0 Å².